The number of nitrogens with one attached hydrogen (secondary N) is 1. The number of nitrogens with zero attached hydrogens (tertiary/aromatic N) is 2. The van der Waals surface area contributed by atoms with Crippen LogP contribution in [0.5, 0.6) is 17.2 Å². The number of aliphatic imine (C=N–C) groups is 1. The van der Waals surface area contributed by atoms with Crippen LogP contribution < -0.4 is 9.47 Å². The van der Waals surface area contributed by atoms with Crippen LogP contribution in [0.4, 0.5) is 0 Å². The molecule has 0 saturated carbocycles. The number of ether oxygens (including phenoxy) is 3. The molecule has 0 aliphatic carbocycles. The molecule has 0 bridgehead atoms. The van der Waals surface area contributed by atoms with Crippen molar-refractivity contribution in [3.05, 3.63) is 42.2 Å². The minimum Gasteiger partial charge on any atom is -0.486 e. The first-order chi connectivity index (χ1) is 16.3. The summed E-state index contributed by atoms with van der Waals surface area (Å²) in [6.45, 7) is 3.15. The van der Waals surface area contributed by atoms with Gasteiger partial charge in [0.15, 0.2) is 14.9 Å². The lowest BCUT2D eigenvalue weighted by Crippen LogP contribution is -2.18. The molecule has 2 atom stereocenters. The predicted molar refractivity (Wildman–Crippen MR) is 132 cm³/mol. The minimum atomic E-state index is -3.39. The number of thioether (sulfide) groups is 1. The first-order valence-electron chi connectivity index (χ1n) is 10.8. The fourth-order valence-electron chi connectivity index (χ4n) is 3.58. The molecule has 2 aromatic heterocycles. The number of fused-ring (bicyclic) bond motifs is 1. The maximum atomic E-state index is 11.7. The summed E-state index contributed by atoms with van der Waals surface area (Å²) in [6.07, 6.45) is 2.99. The van der Waals surface area contributed by atoms with E-state index < -0.39 is 9.84 Å². The molecule has 3 heterocycles. The Balaban J connectivity index is 1.65. The Labute approximate surface area is 202 Å². The highest BCUT2D eigenvalue weighted by atomic mass is 32.2. The Hall–Kier alpha value is -2.60. The average molecular weight is 506 g/mol. The SMILES string of the molecule is COCC(C)Oc1cc(Oc2ccc(S(C)(=O)=O)nc2)cc2cc(C3=NCC(CCO)S3)[nH]c12. The van der Waals surface area contributed by atoms with E-state index in [0.29, 0.717) is 36.8 Å². The van der Waals surface area contributed by atoms with Crippen molar-refractivity contribution >= 4 is 37.5 Å². The van der Waals surface area contributed by atoms with Gasteiger partial charge in [-0.25, -0.2) is 13.4 Å². The summed E-state index contributed by atoms with van der Waals surface area (Å²) in [5.41, 5.74) is 1.69. The fraction of sp³-hybridized carbons (Fsp3) is 0.391. The second-order valence-corrected chi connectivity index (χ2v) is 11.3. The summed E-state index contributed by atoms with van der Waals surface area (Å²) in [7, 11) is -1.77. The predicted octanol–water partition coefficient (Wildman–Crippen LogP) is 3.42. The molecule has 1 aliphatic rings. The largest absolute Gasteiger partial charge is 0.486 e. The Morgan fingerprint density at radius 3 is 2.76 bits per heavy atom. The van der Waals surface area contributed by atoms with Crippen molar-refractivity contribution in [1.82, 2.24) is 9.97 Å². The van der Waals surface area contributed by atoms with E-state index in [0.717, 1.165) is 27.9 Å². The molecule has 3 aromatic rings. The van der Waals surface area contributed by atoms with Crippen LogP contribution in [0.2, 0.25) is 0 Å². The molecule has 0 spiro atoms. The van der Waals surface area contributed by atoms with Crippen molar-refractivity contribution in [3.8, 4) is 17.2 Å². The van der Waals surface area contributed by atoms with E-state index in [-0.39, 0.29) is 23.0 Å². The molecule has 1 aliphatic heterocycles. The van der Waals surface area contributed by atoms with Crippen molar-refractivity contribution in [2.45, 2.75) is 29.7 Å². The van der Waals surface area contributed by atoms with Gasteiger partial charge in [0.05, 0.1) is 30.6 Å². The number of hydrogen-bond donors (Lipinski definition) is 2. The zero-order valence-corrected chi connectivity index (χ0v) is 20.8. The molecule has 4 rings (SSSR count). The lowest BCUT2D eigenvalue weighted by molar-refractivity contribution is 0.0928. The van der Waals surface area contributed by atoms with Gasteiger partial charge in [-0.15, -0.1) is 0 Å². The van der Waals surface area contributed by atoms with Crippen molar-refractivity contribution in [2.75, 3.05) is 33.1 Å². The Kier molecular flexibility index (Phi) is 7.46. The smallest absolute Gasteiger partial charge is 0.192 e. The van der Waals surface area contributed by atoms with Crippen LogP contribution in [0.25, 0.3) is 10.9 Å². The number of aromatic nitrogens is 2. The zero-order chi connectivity index (χ0) is 24.3. The molecule has 0 saturated heterocycles. The van der Waals surface area contributed by atoms with E-state index in [1.54, 1.807) is 31.0 Å². The minimum absolute atomic E-state index is 0.0164. The van der Waals surface area contributed by atoms with Gasteiger partial charge in [0.2, 0.25) is 0 Å². The third-order valence-corrected chi connectivity index (χ3v) is 7.41. The van der Waals surface area contributed by atoms with E-state index >= 15 is 0 Å². The molecular formula is C23H27N3O6S2. The van der Waals surface area contributed by atoms with Crippen molar-refractivity contribution in [3.63, 3.8) is 0 Å². The second-order valence-electron chi connectivity index (χ2n) is 8.06. The number of aliphatic hydroxyl groups excluding tert-OH is 1. The fourth-order valence-corrected chi connectivity index (χ4v) is 5.21. The van der Waals surface area contributed by atoms with E-state index in [4.69, 9.17) is 14.2 Å². The Morgan fingerprint density at radius 2 is 2.09 bits per heavy atom. The van der Waals surface area contributed by atoms with Gasteiger partial charge in [0.25, 0.3) is 0 Å². The first-order valence-corrected chi connectivity index (χ1v) is 13.5. The van der Waals surface area contributed by atoms with Gasteiger partial charge in [-0.3, -0.25) is 4.99 Å². The number of benzene rings is 1. The van der Waals surface area contributed by atoms with Gasteiger partial charge in [0, 0.05) is 36.7 Å². The van der Waals surface area contributed by atoms with Crippen LogP contribution in [0.15, 0.2) is 46.5 Å². The second kappa shape index (κ2) is 10.3. The summed E-state index contributed by atoms with van der Waals surface area (Å²) in [5.74, 6) is 1.52. The topological polar surface area (TPSA) is 123 Å². The highest BCUT2D eigenvalue weighted by molar-refractivity contribution is 8.15. The van der Waals surface area contributed by atoms with Crippen molar-refractivity contribution < 1.29 is 27.7 Å². The first kappa shape index (κ1) is 24.5. The van der Waals surface area contributed by atoms with E-state index in [2.05, 4.69) is 15.0 Å². The Bertz CT molecular complexity index is 1290. The maximum Gasteiger partial charge on any atom is 0.192 e. The highest BCUT2D eigenvalue weighted by Crippen LogP contribution is 2.36. The molecule has 34 heavy (non-hydrogen) atoms. The van der Waals surface area contributed by atoms with Crippen LogP contribution >= 0.6 is 11.8 Å². The lowest BCUT2D eigenvalue weighted by atomic mass is 10.2. The van der Waals surface area contributed by atoms with E-state index in [1.807, 2.05) is 19.1 Å². The summed E-state index contributed by atoms with van der Waals surface area (Å²) in [5, 5.41) is 11.2. The van der Waals surface area contributed by atoms with Crippen LogP contribution in [-0.4, -0.2) is 73.0 Å². The molecule has 2 N–H and O–H groups in total. The molecule has 1 aromatic carbocycles. The van der Waals surface area contributed by atoms with Gasteiger partial charge >= 0.3 is 0 Å². The number of H-pyrrole nitrogens is 1. The Morgan fingerprint density at radius 1 is 1.26 bits per heavy atom. The van der Waals surface area contributed by atoms with Crippen LogP contribution in [-0.2, 0) is 14.6 Å². The van der Waals surface area contributed by atoms with Gasteiger partial charge in [-0.05, 0) is 37.6 Å². The maximum absolute atomic E-state index is 11.7. The molecule has 0 fully saturated rings. The molecule has 0 amide bonds. The van der Waals surface area contributed by atoms with Crippen LogP contribution in [0.3, 0.4) is 0 Å². The van der Waals surface area contributed by atoms with Gasteiger partial charge in [-0.2, -0.15) is 0 Å². The number of hydrogen-bond acceptors (Lipinski definition) is 9. The molecule has 2 unspecified atom stereocenters. The number of pyridine rings is 1. The highest BCUT2D eigenvalue weighted by Gasteiger charge is 2.23. The molecule has 0 radical (unpaired) electrons. The number of sulfone groups is 1. The van der Waals surface area contributed by atoms with Crippen molar-refractivity contribution in [1.29, 1.82) is 0 Å². The molecule has 182 valence electrons. The van der Waals surface area contributed by atoms with Gasteiger partial charge < -0.3 is 24.3 Å². The molecular weight excluding hydrogens is 478 g/mol. The van der Waals surface area contributed by atoms with E-state index in [1.165, 1.54) is 12.3 Å². The standard InChI is InChI=1S/C23H27N3O6S2/c1-14(13-30-2)31-20-10-17(32-16-4-5-21(24-11-16)34(3,28)29)8-15-9-19(26-22(15)20)23-25-12-18(33-23)6-7-27/h4-5,8-11,14,18,26-27H,6-7,12-13H2,1-3H3. The zero-order valence-electron chi connectivity index (χ0n) is 19.1. The van der Waals surface area contributed by atoms with E-state index in [9.17, 15) is 13.5 Å². The summed E-state index contributed by atoms with van der Waals surface area (Å²) in [6, 6.07) is 8.62. The monoisotopic (exact) mass is 505 g/mol. The average Bonchev–Trinajstić information content (AvgIpc) is 3.41. The number of rotatable bonds is 10. The summed E-state index contributed by atoms with van der Waals surface area (Å²) >= 11 is 1.65. The summed E-state index contributed by atoms with van der Waals surface area (Å²) < 4.78 is 40.6. The third-order valence-electron chi connectivity index (χ3n) is 5.12. The summed E-state index contributed by atoms with van der Waals surface area (Å²) in [4.78, 5) is 12.0. The molecule has 9 nitrogen and oxygen atoms in total. The third kappa shape index (κ3) is 5.72. The molecule has 11 heteroatoms. The number of methoxy groups -OCH3 is 1. The van der Waals surface area contributed by atoms with Crippen LogP contribution in [0, 0.1) is 0 Å². The quantitative estimate of drug-likeness (QED) is 0.430. The lowest BCUT2D eigenvalue weighted by Gasteiger charge is -2.16. The van der Waals surface area contributed by atoms with Crippen molar-refractivity contribution in [2.24, 2.45) is 4.99 Å². The number of aliphatic hydroxyl groups is 1. The normalized spacial score (nSPS) is 17.1. The van der Waals surface area contributed by atoms with Gasteiger partial charge in [-0.1, -0.05) is 11.8 Å². The van der Waals surface area contributed by atoms with Crippen LogP contribution in [0.1, 0.15) is 19.0 Å². The van der Waals surface area contributed by atoms with Gasteiger partial charge in [0.1, 0.15) is 28.4 Å². The number of aromatic amines is 1.